The summed E-state index contributed by atoms with van der Waals surface area (Å²) in [4.78, 5) is 12.3. The summed E-state index contributed by atoms with van der Waals surface area (Å²) in [6.07, 6.45) is 0. The van der Waals surface area contributed by atoms with Crippen LogP contribution in [0.1, 0.15) is 0 Å². The van der Waals surface area contributed by atoms with Crippen LogP contribution >= 0.6 is 11.8 Å². The van der Waals surface area contributed by atoms with Gasteiger partial charge in [0.15, 0.2) is 0 Å². The van der Waals surface area contributed by atoms with Crippen LogP contribution in [0.4, 0.5) is 11.4 Å². The van der Waals surface area contributed by atoms with Crippen molar-refractivity contribution in [2.45, 2.75) is 10.1 Å². The predicted octanol–water partition coefficient (Wildman–Crippen LogP) is 4.28. The first-order valence-electron chi connectivity index (χ1n) is 10.0. The molecule has 0 atom stereocenters. The average Bonchev–Trinajstić information content (AvgIpc) is 3.33. The number of carbonyl (C=O) groups is 1. The normalized spacial score (nSPS) is 11.1. The van der Waals surface area contributed by atoms with Crippen molar-refractivity contribution in [3.8, 4) is 17.2 Å². The zero-order chi connectivity index (χ0) is 24.0. The lowest BCUT2D eigenvalue weighted by Gasteiger charge is -2.08. The molecule has 0 radical (unpaired) electrons. The van der Waals surface area contributed by atoms with Crippen molar-refractivity contribution < 1.29 is 22.4 Å². The molecule has 1 heterocycles. The molecule has 1 amide bonds. The van der Waals surface area contributed by atoms with Crippen molar-refractivity contribution in [3.05, 3.63) is 78.9 Å². The van der Waals surface area contributed by atoms with Gasteiger partial charge in [0.2, 0.25) is 11.8 Å². The van der Waals surface area contributed by atoms with E-state index in [4.69, 9.17) is 9.15 Å². The number of aromatic nitrogens is 2. The number of nitrogens with one attached hydrogen (secondary N) is 2. The van der Waals surface area contributed by atoms with E-state index in [0.29, 0.717) is 22.7 Å². The van der Waals surface area contributed by atoms with E-state index in [1.54, 1.807) is 73.8 Å². The highest BCUT2D eigenvalue weighted by Crippen LogP contribution is 2.25. The van der Waals surface area contributed by atoms with Gasteiger partial charge in [-0.1, -0.05) is 30.0 Å². The number of thioether (sulfide) groups is 1. The third kappa shape index (κ3) is 5.94. The van der Waals surface area contributed by atoms with E-state index in [0.717, 1.165) is 11.8 Å². The van der Waals surface area contributed by atoms with E-state index in [2.05, 4.69) is 20.2 Å². The number of hydrogen-bond donors (Lipinski definition) is 2. The van der Waals surface area contributed by atoms with Gasteiger partial charge in [0, 0.05) is 16.9 Å². The molecule has 11 heteroatoms. The SMILES string of the molecule is COc1ccc(NC(=O)CSc2nnc(-c3ccc(NS(=O)(=O)c4ccccc4)cc3)o2)cc1. The Kier molecular flexibility index (Phi) is 7.14. The monoisotopic (exact) mass is 496 g/mol. The Bertz CT molecular complexity index is 1360. The van der Waals surface area contributed by atoms with Crippen LogP contribution in [0.2, 0.25) is 0 Å². The zero-order valence-electron chi connectivity index (χ0n) is 18.0. The third-order valence-electron chi connectivity index (χ3n) is 4.54. The van der Waals surface area contributed by atoms with Gasteiger partial charge in [-0.2, -0.15) is 0 Å². The first kappa shape index (κ1) is 23.3. The molecule has 34 heavy (non-hydrogen) atoms. The molecule has 0 saturated heterocycles. The highest BCUT2D eigenvalue weighted by Gasteiger charge is 2.15. The zero-order valence-corrected chi connectivity index (χ0v) is 19.6. The highest BCUT2D eigenvalue weighted by atomic mass is 32.2. The molecule has 4 rings (SSSR count). The maximum atomic E-state index is 12.4. The fourth-order valence-corrected chi connectivity index (χ4v) is 4.52. The number of hydrogen-bond acceptors (Lipinski definition) is 8. The van der Waals surface area contributed by atoms with Gasteiger partial charge < -0.3 is 14.5 Å². The Hall–Kier alpha value is -3.83. The van der Waals surface area contributed by atoms with Gasteiger partial charge in [-0.15, -0.1) is 10.2 Å². The number of carbonyl (C=O) groups excluding carboxylic acids is 1. The molecule has 1 aromatic heterocycles. The summed E-state index contributed by atoms with van der Waals surface area (Å²) >= 11 is 1.11. The molecule has 9 nitrogen and oxygen atoms in total. The molecule has 3 aromatic carbocycles. The van der Waals surface area contributed by atoms with Crippen molar-refractivity contribution in [1.82, 2.24) is 10.2 Å². The van der Waals surface area contributed by atoms with Crippen LogP contribution in [0.25, 0.3) is 11.5 Å². The molecule has 0 aliphatic heterocycles. The van der Waals surface area contributed by atoms with Crippen molar-refractivity contribution in [3.63, 3.8) is 0 Å². The smallest absolute Gasteiger partial charge is 0.277 e. The second-order valence-electron chi connectivity index (χ2n) is 6.93. The summed E-state index contributed by atoms with van der Waals surface area (Å²) in [7, 11) is -2.10. The van der Waals surface area contributed by atoms with Crippen LogP contribution in [-0.4, -0.2) is 37.4 Å². The summed E-state index contributed by atoms with van der Waals surface area (Å²) in [6.45, 7) is 0. The number of nitrogens with zero attached hydrogens (tertiary/aromatic N) is 2. The largest absolute Gasteiger partial charge is 0.497 e. The van der Waals surface area contributed by atoms with Crippen molar-refractivity contribution >= 4 is 39.1 Å². The summed E-state index contributed by atoms with van der Waals surface area (Å²) < 4.78 is 38.1. The van der Waals surface area contributed by atoms with E-state index in [-0.39, 0.29) is 27.7 Å². The first-order valence-corrected chi connectivity index (χ1v) is 12.5. The van der Waals surface area contributed by atoms with Crippen LogP contribution < -0.4 is 14.8 Å². The standard InChI is InChI=1S/C23H20N4O5S2/c1-31-19-13-11-17(12-14-19)24-21(28)15-33-23-26-25-22(32-23)16-7-9-18(10-8-16)27-34(29,30)20-5-3-2-4-6-20/h2-14,27H,15H2,1H3,(H,24,28). The van der Waals surface area contributed by atoms with Gasteiger partial charge in [-0.25, -0.2) is 8.42 Å². The van der Waals surface area contributed by atoms with Crippen LogP contribution in [0.3, 0.4) is 0 Å². The molecule has 0 fully saturated rings. The Morgan fingerprint density at radius 1 is 0.941 bits per heavy atom. The van der Waals surface area contributed by atoms with Crippen molar-refractivity contribution in [1.29, 1.82) is 0 Å². The molecule has 0 spiro atoms. The highest BCUT2D eigenvalue weighted by molar-refractivity contribution is 7.99. The summed E-state index contributed by atoms with van der Waals surface area (Å²) in [5, 5.41) is 11.0. The molecule has 4 aromatic rings. The number of benzene rings is 3. The van der Waals surface area contributed by atoms with Gasteiger partial charge in [-0.3, -0.25) is 9.52 Å². The second-order valence-corrected chi connectivity index (χ2v) is 9.54. The maximum absolute atomic E-state index is 12.4. The minimum Gasteiger partial charge on any atom is -0.497 e. The lowest BCUT2D eigenvalue weighted by Crippen LogP contribution is -2.13. The van der Waals surface area contributed by atoms with Crippen LogP contribution in [0.15, 0.2) is 93.4 Å². The van der Waals surface area contributed by atoms with Gasteiger partial charge in [-0.05, 0) is 60.7 Å². The van der Waals surface area contributed by atoms with Gasteiger partial charge >= 0.3 is 0 Å². The van der Waals surface area contributed by atoms with E-state index in [1.807, 2.05) is 0 Å². The van der Waals surface area contributed by atoms with E-state index in [1.165, 1.54) is 12.1 Å². The Balaban J connectivity index is 1.33. The Morgan fingerprint density at radius 2 is 1.62 bits per heavy atom. The fraction of sp³-hybridized carbons (Fsp3) is 0.0870. The van der Waals surface area contributed by atoms with Crippen molar-refractivity contribution in [2.75, 3.05) is 22.9 Å². The number of methoxy groups -OCH3 is 1. The number of anilines is 2. The molecule has 174 valence electrons. The molecule has 0 aliphatic rings. The Labute approximate surface area is 200 Å². The summed E-state index contributed by atoms with van der Waals surface area (Å²) in [6, 6.07) is 21.7. The lowest BCUT2D eigenvalue weighted by atomic mass is 10.2. The van der Waals surface area contributed by atoms with E-state index in [9.17, 15) is 13.2 Å². The summed E-state index contributed by atoms with van der Waals surface area (Å²) in [5.74, 6) is 0.835. The quantitative estimate of drug-likeness (QED) is 0.329. The number of sulfonamides is 1. The third-order valence-corrected chi connectivity index (χ3v) is 6.76. The van der Waals surface area contributed by atoms with E-state index >= 15 is 0 Å². The van der Waals surface area contributed by atoms with Crippen LogP contribution in [0, 0.1) is 0 Å². The molecule has 0 unspecified atom stereocenters. The molecule has 0 saturated carbocycles. The summed E-state index contributed by atoms with van der Waals surface area (Å²) in [5.41, 5.74) is 1.67. The van der Waals surface area contributed by atoms with Crippen LogP contribution in [0.5, 0.6) is 5.75 Å². The number of amides is 1. The minimum absolute atomic E-state index is 0.0911. The topological polar surface area (TPSA) is 123 Å². The minimum atomic E-state index is -3.68. The van der Waals surface area contributed by atoms with Crippen LogP contribution in [-0.2, 0) is 14.8 Å². The number of rotatable bonds is 9. The molecule has 0 aliphatic carbocycles. The number of ether oxygens (including phenoxy) is 1. The van der Waals surface area contributed by atoms with Crippen molar-refractivity contribution in [2.24, 2.45) is 0 Å². The molecule has 0 bridgehead atoms. The van der Waals surface area contributed by atoms with Gasteiger partial charge in [0.25, 0.3) is 15.2 Å². The fourth-order valence-electron chi connectivity index (χ4n) is 2.88. The van der Waals surface area contributed by atoms with Gasteiger partial charge in [0.1, 0.15) is 5.75 Å². The maximum Gasteiger partial charge on any atom is 0.277 e. The Morgan fingerprint density at radius 3 is 2.29 bits per heavy atom. The first-order chi connectivity index (χ1) is 16.4. The lowest BCUT2D eigenvalue weighted by molar-refractivity contribution is -0.113. The molecular weight excluding hydrogens is 476 g/mol. The predicted molar refractivity (Wildman–Crippen MR) is 129 cm³/mol. The van der Waals surface area contributed by atoms with Gasteiger partial charge in [0.05, 0.1) is 17.8 Å². The average molecular weight is 497 g/mol. The second kappa shape index (κ2) is 10.4. The molecule has 2 N–H and O–H groups in total. The van der Waals surface area contributed by atoms with E-state index < -0.39 is 10.0 Å². The molecular formula is C23H20N4O5S2.